The molecule has 12 heavy (non-hydrogen) atoms. The third kappa shape index (κ3) is 2.73. The van der Waals surface area contributed by atoms with Gasteiger partial charge in [0.1, 0.15) is 0 Å². The van der Waals surface area contributed by atoms with E-state index in [9.17, 15) is 0 Å². The van der Waals surface area contributed by atoms with E-state index in [4.69, 9.17) is 14.2 Å². The van der Waals surface area contributed by atoms with Crippen molar-refractivity contribution in [1.82, 2.24) is 0 Å². The summed E-state index contributed by atoms with van der Waals surface area (Å²) in [6, 6.07) is 0. The Bertz CT molecular complexity index is 128. The van der Waals surface area contributed by atoms with Gasteiger partial charge in [-0.25, -0.2) is 0 Å². The molecule has 3 heteroatoms. The molecule has 0 aromatic carbocycles. The molecule has 0 saturated carbocycles. The SMILES string of the molecule is C1CCC(OCC[C@H]2CO2)OC1. The first-order chi connectivity index (χ1) is 5.95. The molecule has 3 nitrogen and oxygen atoms in total. The summed E-state index contributed by atoms with van der Waals surface area (Å²) in [5, 5.41) is 0. The highest BCUT2D eigenvalue weighted by atomic mass is 16.7. The van der Waals surface area contributed by atoms with E-state index in [0.717, 1.165) is 32.7 Å². The van der Waals surface area contributed by atoms with E-state index in [1.807, 2.05) is 0 Å². The summed E-state index contributed by atoms with van der Waals surface area (Å²) in [4.78, 5) is 0. The Labute approximate surface area is 73.0 Å². The zero-order valence-corrected chi connectivity index (χ0v) is 7.33. The minimum atomic E-state index is 0.0671. The average Bonchev–Trinajstić information content (AvgIpc) is 2.90. The lowest BCUT2D eigenvalue weighted by Crippen LogP contribution is -2.23. The van der Waals surface area contributed by atoms with Gasteiger partial charge >= 0.3 is 0 Å². The van der Waals surface area contributed by atoms with E-state index in [1.165, 1.54) is 12.8 Å². The molecule has 2 rings (SSSR count). The van der Waals surface area contributed by atoms with Crippen LogP contribution in [0.15, 0.2) is 0 Å². The second-order valence-electron chi connectivity index (χ2n) is 3.41. The highest BCUT2D eigenvalue weighted by molar-refractivity contribution is 4.68. The first kappa shape index (κ1) is 8.48. The molecule has 0 radical (unpaired) electrons. The molecule has 2 saturated heterocycles. The largest absolute Gasteiger partial charge is 0.373 e. The van der Waals surface area contributed by atoms with E-state index >= 15 is 0 Å². The summed E-state index contributed by atoms with van der Waals surface area (Å²) in [6.45, 7) is 2.58. The maximum absolute atomic E-state index is 5.53. The molecular formula is C9H16O3. The first-order valence-corrected chi connectivity index (χ1v) is 4.80. The van der Waals surface area contributed by atoms with Crippen molar-refractivity contribution >= 4 is 0 Å². The maximum atomic E-state index is 5.53. The Morgan fingerprint density at radius 2 is 2.17 bits per heavy atom. The molecule has 0 aromatic rings. The van der Waals surface area contributed by atoms with Crippen LogP contribution in [0.3, 0.4) is 0 Å². The van der Waals surface area contributed by atoms with E-state index < -0.39 is 0 Å². The van der Waals surface area contributed by atoms with Crippen molar-refractivity contribution in [2.24, 2.45) is 0 Å². The Balaban J connectivity index is 1.52. The van der Waals surface area contributed by atoms with Crippen molar-refractivity contribution in [3.05, 3.63) is 0 Å². The third-order valence-corrected chi connectivity index (χ3v) is 2.28. The van der Waals surface area contributed by atoms with E-state index in [-0.39, 0.29) is 6.29 Å². The number of hydrogen-bond acceptors (Lipinski definition) is 3. The summed E-state index contributed by atoms with van der Waals surface area (Å²) < 4.78 is 16.0. The number of rotatable bonds is 4. The van der Waals surface area contributed by atoms with Crippen LogP contribution in [0.4, 0.5) is 0 Å². The Kier molecular flexibility index (Phi) is 2.98. The number of ether oxygens (including phenoxy) is 3. The zero-order chi connectivity index (χ0) is 8.23. The quantitative estimate of drug-likeness (QED) is 0.599. The van der Waals surface area contributed by atoms with Gasteiger partial charge in [0.2, 0.25) is 0 Å². The predicted molar refractivity (Wildman–Crippen MR) is 43.9 cm³/mol. The average molecular weight is 172 g/mol. The van der Waals surface area contributed by atoms with E-state index in [1.54, 1.807) is 0 Å². The highest BCUT2D eigenvalue weighted by Crippen LogP contribution is 2.17. The fourth-order valence-corrected chi connectivity index (χ4v) is 1.41. The van der Waals surface area contributed by atoms with Gasteiger partial charge in [0.05, 0.1) is 19.3 Å². The number of hydrogen-bond donors (Lipinski definition) is 0. The van der Waals surface area contributed by atoms with Crippen molar-refractivity contribution in [2.75, 3.05) is 19.8 Å². The number of epoxide rings is 1. The molecule has 1 unspecified atom stereocenters. The van der Waals surface area contributed by atoms with Gasteiger partial charge in [-0.3, -0.25) is 0 Å². The molecule has 0 aliphatic carbocycles. The molecular weight excluding hydrogens is 156 g/mol. The molecule has 2 heterocycles. The van der Waals surface area contributed by atoms with Crippen LogP contribution in [0.2, 0.25) is 0 Å². The topological polar surface area (TPSA) is 31.0 Å². The molecule has 0 bridgehead atoms. The molecule has 2 aliphatic rings. The van der Waals surface area contributed by atoms with Gasteiger partial charge in [-0.1, -0.05) is 0 Å². The van der Waals surface area contributed by atoms with Gasteiger partial charge in [0.25, 0.3) is 0 Å². The molecule has 2 fully saturated rings. The van der Waals surface area contributed by atoms with Crippen LogP contribution in [-0.2, 0) is 14.2 Å². The van der Waals surface area contributed by atoms with Crippen molar-refractivity contribution < 1.29 is 14.2 Å². The zero-order valence-electron chi connectivity index (χ0n) is 7.33. The smallest absolute Gasteiger partial charge is 0.157 e. The standard InChI is InChI=1S/C9H16O3/c1-2-5-10-9(3-1)11-6-4-8-7-12-8/h8-9H,1-7H2/t8-,9?/m0/s1. The normalized spacial score (nSPS) is 35.0. The highest BCUT2D eigenvalue weighted by Gasteiger charge is 2.22. The van der Waals surface area contributed by atoms with Crippen LogP contribution in [0.5, 0.6) is 0 Å². The molecule has 70 valence electrons. The molecule has 0 spiro atoms. The van der Waals surface area contributed by atoms with Gasteiger partial charge in [-0.15, -0.1) is 0 Å². The fourth-order valence-electron chi connectivity index (χ4n) is 1.41. The van der Waals surface area contributed by atoms with Crippen molar-refractivity contribution in [2.45, 2.75) is 38.1 Å². The fraction of sp³-hybridized carbons (Fsp3) is 1.00. The van der Waals surface area contributed by atoms with Crippen LogP contribution in [0.25, 0.3) is 0 Å². The van der Waals surface area contributed by atoms with Gasteiger partial charge in [-0.05, 0) is 25.7 Å². The molecule has 0 amide bonds. The summed E-state index contributed by atoms with van der Waals surface area (Å²) in [7, 11) is 0. The van der Waals surface area contributed by atoms with Crippen molar-refractivity contribution in [3.63, 3.8) is 0 Å². The Morgan fingerprint density at radius 3 is 2.83 bits per heavy atom. The van der Waals surface area contributed by atoms with E-state index in [0.29, 0.717) is 6.10 Å². The summed E-state index contributed by atoms with van der Waals surface area (Å²) >= 11 is 0. The van der Waals surface area contributed by atoms with Crippen LogP contribution in [0, 0.1) is 0 Å². The van der Waals surface area contributed by atoms with Crippen LogP contribution >= 0.6 is 0 Å². The predicted octanol–water partition coefficient (Wildman–Crippen LogP) is 1.32. The second-order valence-corrected chi connectivity index (χ2v) is 3.41. The van der Waals surface area contributed by atoms with Crippen molar-refractivity contribution in [3.8, 4) is 0 Å². The maximum Gasteiger partial charge on any atom is 0.157 e. The summed E-state index contributed by atoms with van der Waals surface area (Å²) in [5.41, 5.74) is 0. The lowest BCUT2D eigenvalue weighted by molar-refractivity contribution is -0.163. The minimum Gasteiger partial charge on any atom is -0.373 e. The monoisotopic (exact) mass is 172 g/mol. The Morgan fingerprint density at radius 1 is 1.25 bits per heavy atom. The van der Waals surface area contributed by atoms with Crippen LogP contribution in [0.1, 0.15) is 25.7 Å². The lowest BCUT2D eigenvalue weighted by atomic mass is 10.2. The first-order valence-electron chi connectivity index (χ1n) is 4.80. The third-order valence-electron chi connectivity index (χ3n) is 2.28. The van der Waals surface area contributed by atoms with Gasteiger partial charge in [0.15, 0.2) is 6.29 Å². The van der Waals surface area contributed by atoms with Crippen LogP contribution in [-0.4, -0.2) is 32.2 Å². The molecule has 0 N–H and O–H groups in total. The second kappa shape index (κ2) is 4.21. The molecule has 0 aromatic heterocycles. The van der Waals surface area contributed by atoms with E-state index in [2.05, 4.69) is 0 Å². The summed E-state index contributed by atoms with van der Waals surface area (Å²) in [5.74, 6) is 0. The molecule has 2 aliphatic heterocycles. The van der Waals surface area contributed by atoms with Gasteiger partial charge < -0.3 is 14.2 Å². The molecule has 2 atom stereocenters. The van der Waals surface area contributed by atoms with Gasteiger partial charge in [-0.2, -0.15) is 0 Å². The van der Waals surface area contributed by atoms with Crippen molar-refractivity contribution in [1.29, 1.82) is 0 Å². The summed E-state index contributed by atoms with van der Waals surface area (Å²) in [6.07, 6.45) is 5.06. The lowest BCUT2D eigenvalue weighted by Gasteiger charge is -2.22. The Hall–Kier alpha value is -0.120. The minimum absolute atomic E-state index is 0.0671. The van der Waals surface area contributed by atoms with Crippen LogP contribution < -0.4 is 0 Å². The van der Waals surface area contributed by atoms with Gasteiger partial charge in [0, 0.05) is 6.61 Å².